The van der Waals surface area contributed by atoms with Crippen LogP contribution in [-0.2, 0) is 9.53 Å². The van der Waals surface area contributed by atoms with Crippen LogP contribution in [0.1, 0.15) is 64.7 Å². The topological polar surface area (TPSA) is 41.6 Å². The van der Waals surface area contributed by atoms with Crippen LogP contribution in [-0.4, -0.2) is 48.7 Å². The summed E-state index contributed by atoms with van der Waals surface area (Å²) in [4.78, 5) is 14.9. The lowest BCUT2D eigenvalue weighted by Crippen LogP contribution is -2.46. The number of nitrogens with zero attached hydrogens (tertiary/aromatic N) is 1. The smallest absolute Gasteiger partial charge is 0.239 e. The standard InChI is InChI=1S/C18H32N2O2.ClH/c1-2-12-22-15-7-5-10-20(11-9-15)18(21)17-13-14-6-3-4-8-16(14)19-17;/h14-17,19H,2-13H2,1H3;1H. The van der Waals surface area contributed by atoms with E-state index in [1.807, 2.05) is 0 Å². The van der Waals surface area contributed by atoms with E-state index in [0.717, 1.165) is 57.7 Å². The molecule has 3 rings (SSSR count). The Kier molecular flexibility index (Phi) is 7.64. The quantitative estimate of drug-likeness (QED) is 0.851. The summed E-state index contributed by atoms with van der Waals surface area (Å²) >= 11 is 0. The lowest BCUT2D eigenvalue weighted by atomic mass is 9.85. The summed E-state index contributed by atoms with van der Waals surface area (Å²) in [6.45, 7) is 4.79. The van der Waals surface area contributed by atoms with Crippen LogP contribution < -0.4 is 5.32 Å². The Morgan fingerprint density at radius 1 is 1.13 bits per heavy atom. The van der Waals surface area contributed by atoms with E-state index in [4.69, 9.17) is 4.74 Å². The summed E-state index contributed by atoms with van der Waals surface area (Å²) in [5.41, 5.74) is 0. The van der Waals surface area contributed by atoms with Gasteiger partial charge in [0.05, 0.1) is 12.1 Å². The minimum Gasteiger partial charge on any atom is -0.378 e. The first-order chi connectivity index (χ1) is 10.8. The van der Waals surface area contributed by atoms with E-state index in [9.17, 15) is 4.79 Å². The van der Waals surface area contributed by atoms with Gasteiger partial charge in [-0.15, -0.1) is 12.4 Å². The second-order valence-corrected chi connectivity index (χ2v) is 7.35. The van der Waals surface area contributed by atoms with Gasteiger partial charge in [-0.2, -0.15) is 0 Å². The van der Waals surface area contributed by atoms with E-state index in [0.29, 0.717) is 18.1 Å². The Balaban J connectivity index is 0.00000192. The van der Waals surface area contributed by atoms with Gasteiger partial charge in [0.15, 0.2) is 0 Å². The molecule has 0 aromatic rings. The molecule has 0 aromatic heterocycles. The van der Waals surface area contributed by atoms with E-state index in [1.54, 1.807) is 0 Å². The van der Waals surface area contributed by atoms with E-state index >= 15 is 0 Å². The second-order valence-electron chi connectivity index (χ2n) is 7.35. The molecule has 0 bridgehead atoms. The number of carbonyl (C=O) groups is 1. The third-order valence-corrected chi connectivity index (χ3v) is 5.71. The van der Waals surface area contributed by atoms with Crippen molar-refractivity contribution >= 4 is 18.3 Å². The minimum atomic E-state index is 0. The molecule has 3 aliphatic rings. The molecule has 1 aliphatic carbocycles. The third-order valence-electron chi connectivity index (χ3n) is 5.71. The van der Waals surface area contributed by atoms with Crippen LogP contribution in [0.4, 0.5) is 0 Å². The van der Waals surface area contributed by atoms with Crippen molar-refractivity contribution in [2.45, 2.75) is 82.9 Å². The molecule has 4 unspecified atom stereocenters. The number of likely N-dealkylation sites (tertiary alicyclic amines) is 1. The van der Waals surface area contributed by atoms with Crippen LogP contribution in [0.15, 0.2) is 0 Å². The number of halogens is 1. The molecule has 5 heteroatoms. The van der Waals surface area contributed by atoms with Gasteiger partial charge in [-0.3, -0.25) is 4.79 Å². The van der Waals surface area contributed by atoms with Crippen LogP contribution in [0, 0.1) is 5.92 Å². The molecule has 4 nitrogen and oxygen atoms in total. The van der Waals surface area contributed by atoms with Crippen molar-refractivity contribution in [1.82, 2.24) is 10.2 Å². The summed E-state index contributed by atoms with van der Waals surface area (Å²) < 4.78 is 5.89. The maximum Gasteiger partial charge on any atom is 0.239 e. The molecule has 1 N–H and O–H groups in total. The number of rotatable bonds is 4. The van der Waals surface area contributed by atoms with Gasteiger partial charge in [-0.1, -0.05) is 19.8 Å². The largest absolute Gasteiger partial charge is 0.378 e. The van der Waals surface area contributed by atoms with Crippen molar-refractivity contribution in [3.05, 3.63) is 0 Å². The summed E-state index contributed by atoms with van der Waals surface area (Å²) in [6, 6.07) is 0.691. The van der Waals surface area contributed by atoms with Gasteiger partial charge in [0.25, 0.3) is 0 Å². The van der Waals surface area contributed by atoms with Crippen molar-refractivity contribution in [3.8, 4) is 0 Å². The van der Waals surface area contributed by atoms with Gasteiger partial charge in [-0.05, 0) is 50.9 Å². The zero-order valence-corrected chi connectivity index (χ0v) is 15.3. The fourth-order valence-electron chi connectivity index (χ4n) is 4.47. The Morgan fingerprint density at radius 2 is 1.96 bits per heavy atom. The molecule has 2 aliphatic heterocycles. The molecule has 0 radical (unpaired) electrons. The van der Waals surface area contributed by atoms with Crippen molar-refractivity contribution in [2.75, 3.05) is 19.7 Å². The van der Waals surface area contributed by atoms with Crippen molar-refractivity contribution in [2.24, 2.45) is 5.92 Å². The molecule has 1 amide bonds. The summed E-state index contributed by atoms with van der Waals surface area (Å²) in [6.07, 6.45) is 11.0. The average molecular weight is 345 g/mol. The molecular formula is C18H33ClN2O2. The zero-order valence-electron chi connectivity index (χ0n) is 14.5. The highest BCUT2D eigenvalue weighted by Gasteiger charge is 2.39. The van der Waals surface area contributed by atoms with Crippen LogP contribution >= 0.6 is 12.4 Å². The zero-order chi connectivity index (χ0) is 15.4. The highest BCUT2D eigenvalue weighted by Crippen LogP contribution is 2.33. The van der Waals surface area contributed by atoms with Crippen LogP contribution in [0.3, 0.4) is 0 Å². The fraction of sp³-hybridized carbons (Fsp3) is 0.944. The van der Waals surface area contributed by atoms with Crippen molar-refractivity contribution in [1.29, 1.82) is 0 Å². The van der Waals surface area contributed by atoms with Gasteiger partial charge >= 0.3 is 0 Å². The molecule has 3 fully saturated rings. The third kappa shape index (κ3) is 4.83. The van der Waals surface area contributed by atoms with Gasteiger partial charge in [0.1, 0.15) is 0 Å². The average Bonchev–Trinajstić information content (AvgIpc) is 2.84. The van der Waals surface area contributed by atoms with Crippen LogP contribution in [0.25, 0.3) is 0 Å². The normalized spacial score (nSPS) is 34.4. The SMILES string of the molecule is CCCOC1CCCN(C(=O)C2CC3CCCCC3N2)CC1.Cl. The van der Waals surface area contributed by atoms with Gasteiger partial charge in [-0.25, -0.2) is 0 Å². The number of hydrogen-bond acceptors (Lipinski definition) is 3. The van der Waals surface area contributed by atoms with Crippen molar-refractivity contribution in [3.63, 3.8) is 0 Å². The molecule has 1 saturated carbocycles. The summed E-state index contributed by atoms with van der Waals surface area (Å²) in [5, 5.41) is 3.63. The highest BCUT2D eigenvalue weighted by atomic mass is 35.5. The molecule has 2 heterocycles. The first-order valence-electron chi connectivity index (χ1n) is 9.44. The molecule has 134 valence electrons. The predicted molar refractivity (Wildman–Crippen MR) is 95.0 cm³/mol. The number of carbonyl (C=O) groups excluding carboxylic acids is 1. The number of nitrogens with one attached hydrogen (secondary N) is 1. The van der Waals surface area contributed by atoms with E-state index in [1.165, 1.54) is 25.7 Å². The van der Waals surface area contributed by atoms with Crippen molar-refractivity contribution < 1.29 is 9.53 Å². The highest BCUT2D eigenvalue weighted by molar-refractivity contribution is 5.85. The number of fused-ring (bicyclic) bond motifs is 1. The number of hydrogen-bond donors (Lipinski definition) is 1. The molecule has 0 aromatic carbocycles. The second kappa shape index (κ2) is 9.24. The molecule has 0 spiro atoms. The summed E-state index contributed by atoms with van der Waals surface area (Å²) in [7, 11) is 0. The molecule has 4 atom stereocenters. The Labute approximate surface area is 147 Å². The number of amides is 1. The maximum absolute atomic E-state index is 12.8. The molecule has 2 saturated heterocycles. The van der Waals surface area contributed by atoms with E-state index in [2.05, 4.69) is 17.1 Å². The lowest BCUT2D eigenvalue weighted by Gasteiger charge is -2.25. The van der Waals surface area contributed by atoms with E-state index < -0.39 is 0 Å². The maximum atomic E-state index is 12.8. The van der Waals surface area contributed by atoms with Gasteiger partial charge in [0.2, 0.25) is 5.91 Å². The number of ether oxygens (including phenoxy) is 1. The summed E-state index contributed by atoms with van der Waals surface area (Å²) in [5.74, 6) is 1.10. The molecule has 23 heavy (non-hydrogen) atoms. The first kappa shape index (κ1) is 19.0. The first-order valence-corrected chi connectivity index (χ1v) is 9.44. The molecular weight excluding hydrogens is 312 g/mol. The minimum absolute atomic E-state index is 0. The van der Waals surface area contributed by atoms with Crippen LogP contribution in [0.2, 0.25) is 0 Å². The monoisotopic (exact) mass is 344 g/mol. The van der Waals surface area contributed by atoms with E-state index in [-0.39, 0.29) is 18.4 Å². The Morgan fingerprint density at radius 3 is 2.74 bits per heavy atom. The Hall–Kier alpha value is -0.320. The van der Waals surface area contributed by atoms with Gasteiger partial charge < -0.3 is 15.0 Å². The van der Waals surface area contributed by atoms with Gasteiger partial charge in [0, 0.05) is 25.7 Å². The lowest BCUT2D eigenvalue weighted by molar-refractivity contribution is -0.133. The fourth-order valence-corrected chi connectivity index (χ4v) is 4.47. The predicted octanol–water partition coefficient (Wildman–Crippen LogP) is 3.14. The van der Waals surface area contributed by atoms with Crippen LogP contribution in [0.5, 0.6) is 0 Å². The Bertz CT molecular complexity index is 366.